The average molecular weight is 352 g/mol. The molecule has 6 nitrogen and oxygen atoms in total. The van der Waals surface area contributed by atoms with Gasteiger partial charge in [-0.2, -0.15) is 0 Å². The van der Waals surface area contributed by atoms with E-state index in [9.17, 15) is 4.79 Å². The number of nitrogens with one attached hydrogen (secondary N) is 2. The van der Waals surface area contributed by atoms with E-state index in [0.717, 1.165) is 31.4 Å². The zero-order chi connectivity index (χ0) is 19.2. The Morgan fingerprint density at radius 3 is 2.60 bits per heavy atom. The molecule has 4 unspecified atom stereocenters. The molecule has 25 heavy (non-hydrogen) atoms. The molecule has 0 saturated carbocycles. The quantitative estimate of drug-likeness (QED) is 0.438. The third-order valence-corrected chi connectivity index (χ3v) is 4.10. The van der Waals surface area contributed by atoms with Crippen LogP contribution in [0.5, 0.6) is 0 Å². The summed E-state index contributed by atoms with van der Waals surface area (Å²) in [5, 5.41) is 13.4. The van der Waals surface area contributed by atoms with Crippen molar-refractivity contribution in [2.24, 2.45) is 5.92 Å². The highest BCUT2D eigenvalue weighted by Crippen LogP contribution is 2.19. The summed E-state index contributed by atoms with van der Waals surface area (Å²) in [4.78, 5) is 20.8. The highest BCUT2D eigenvalue weighted by molar-refractivity contribution is 5.79. The van der Waals surface area contributed by atoms with Gasteiger partial charge in [-0.05, 0) is 32.7 Å². The molecule has 4 atom stereocenters. The number of rotatable bonds is 9. The molecular weight excluding hydrogens is 320 g/mol. The second-order valence-corrected chi connectivity index (χ2v) is 6.16. The SMILES string of the molecule is C=C/C=C\C(=C)CC(C)NC(=O)C(C)C(OC)C1CCCN1.O=CO. The van der Waals surface area contributed by atoms with Gasteiger partial charge in [0.15, 0.2) is 0 Å². The monoisotopic (exact) mass is 352 g/mol. The third kappa shape index (κ3) is 9.22. The van der Waals surface area contributed by atoms with Crippen LogP contribution in [0.2, 0.25) is 0 Å². The lowest BCUT2D eigenvalue weighted by molar-refractivity contribution is -0.130. The van der Waals surface area contributed by atoms with Crippen molar-refractivity contribution in [3.8, 4) is 0 Å². The normalized spacial score (nSPS) is 20.0. The highest BCUT2D eigenvalue weighted by atomic mass is 16.5. The van der Waals surface area contributed by atoms with E-state index < -0.39 is 0 Å². The molecule has 1 amide bonds. The van der Waals surface area contributed by atoms with Gasteiger partial charge in [0.25, 0.3) is 6.47 Å². The minimum Gasteiger partial charge on any atom is -0.483 e. The summed E-state index contributed by atoms with van der Waals surface area (Å²) >= 11 is 0. The summed E-state index contributed by atoms with van der Waals surface area (Å²) < 4.78 is 5.57. The van der Waals surface area contributed by atoms with Crippen molar-refractivity contribution in [3.63, 3.8) is 0 Å². The van der Waals surface area contributed by atoms with Crippen LogP contribution < -0.4 is 10.6 Å². The number of amides is 1. The Balaban J connectivity index is 0.00000178. The molecule has 0 aromatic rings. The lowest BCUT2D eigenvalue weighted by Crippen LogP contribution is -2.48. The van der Waals surface area contributed by atoms with Crippen LogP contribution in [0.1, 0.15) is 33.1 Å². The molecule has 1 heterocycles. The van der Waals surface area contributed by atoms with Gasteiger partial charge in [0, 0.05) is 19.2 Å². The van der Waals surface area contributed by atoms with E-state index >= 15 is 0 Å². The van der Waals surface area contributed by atoms with Gasteiger partial charge >= 0.3 is 0 Å². The standard InChI is InChI=1S/C18H30N2O2.CH2O2/c1-6-7-9-13(2)12-14(3)20-18(21)15(4)17(22-5)16-10-8-11-19-16;2-1-3/h6-7,9,14-17,19H,1-2,8,10-12H2,3-5H3,(H,20,21);1H,(H,2,3)/b9-7-;. The summed E-state index contributed by atoms with van der Waals surface area (Å²) in [5.74, 6) is -0.145. The predicted molar refractivity (Wildman–Crippen MR) is 100 cm³/mol. The molecule has 0 aromatic carbocycles. The van der Waals surface area contributed by atoms with Crippen molar-refractivity contribution in [1.82, 2.24) is 10.6 Å². The number of ether oxygens (including phenoxy) is 1. The Kier molecular flexibility index (Phi) is 12.4. The molecule has 0 aliphatic carbocycles. The maximum Gasteiger partial charge on any atom is 0.290 e. The van der Waals surface area contributed by atoms with Crippen LogP contribution >= 0.6 is 0 Å². The van der Waals surface area contributed by atoms with Crippen molar-refractivity contribution in [2.45, 2.75) is 51.3 Å². The van der Waals surface area contributed by atoms with Gasteiger partial charge in [0.05, 0.1) is 12.0 Å². The van der Waals surface area contributed by atoms with Crippen LogP contribution in [0.25, 0.3) is 0 Å². The number of allylic oxidation sites excluding steroid dienone is 3. The summed E-state index contributed by atoms with van der Waals surface area (Å²) in [7, 11) is 1.68. The second kappa shape index (κ2) is 13.4. The van der Waals surface area contributed by atoms with Crippen molar-refractivity contribution >= 4 is 12.4 Å². The zero-order valence-electron chi connectivity index (χ0n) is 15.5. The number of carbonyl (C=O) groups is 2. The van der Waals surface area contributed by atoms with Gasteiger partial charge in [-0.3, -0.25) is 9.59 Å². The molecule has 1 rings (SSSR count). The van der Waals surface area contributed by atoms with Gasteiger partial charge in [-0.25, -0.2) is 0 Å². The van der Waals surface area contributed by atoms with Crippen LogP contribution in [0.15, 0.2) is 37.0 Å². The molecule has 0 aromatic heterocycles. The molecule has 6 heteroatoms. The predicted octanol–water partition coefficient (Wildman–Crippen LogP) is 2.28. The number of hydrogen-bond acceptors (Lipinski definition) is 4. The van der Waals surface area contributed by atoms with Crippen LogP contribution in [0.3, 0.4) is 0 Å². The first-order valence-electron chi connectivity index (χ1n) is 8.52. The molecule has 142 valence electrons. The van der Waals surface area contributed by atoms with Crippen LogP contribution in [0.4, 0.5) is 0 Å². The molecule has 0 bridgehead atoms. The third-order valence-electron chi connectivity index (χ3n) is 4.10. The minimum absolute atomic E-state index is 0.0357. The van der Waals surface area contributed by atoms with Gasteiger partial charge in [-0.1, -0.05) is 43.9 Å². The molecule has 1 aliphatic rings. The van der Waals surface area contributed by atoms with Gasteiger partial charge < -0.3 is 20.5 Å². The molecule has 1 saturated heterocycles. The summed E-state index contributed by atoms with van der Waals surface area (Å²) in [6.07, 6.45) is 8.33. The van der Waals surface area contributed by atoms with Crippen LogP contribution in [-0.4, -0.2) is 49.3 Å². The van der Waals surface area contributed by atoms with Crippen molar-refractivity contribution < 1.29 is 19.4 Å². The summed E-state index contributed by atoms with van der Waals surface area (Å²) in [5.41, 5.74) is 0.973. The Labute approximate surface area is 151 Å². The van der Waals surface area contributed by atoms with Crippen LogP contribution in [-0.2, 0) is 14.3 Å². The fourth-order valence-electron chi connectivity index (χ4n) is 2.95. The molecule has 1 aliphatic heterocycles. The van der Waals surface area contributed by atoms with E-state index in [0.29, 0.717) is 0 Å². The van der Waals surface area contributed by atoms with Crippen LogP contribution in [0, 0.1) is 5.92 Å². The zero-order valence-corrected chi connectivity index (χ0v) is 15.5. The summed E-state index contributed by atoms with van der Waals surface area (Å²) in [6, 6.07) is 0.317. The van der Waals surface area contributed by atoms with Gasteiger partial charge in [0.2, 0.25) is 5.91 Å². The Bertz CT molecular complexity index is 456. The average Bonchev–Trinajstić information content (AvgIpc) is 3.08. The Morgan fingerprint density at radius 2 is 2.12 bits per heavy atom. The number of carboxylic acid groups (broad SMARTS) is 1. The van der Waals surface area contributed by atoms with Gasteiger partial charge in [0.1, 0.15) is 0 Å². The van der Waals surface area contributed by atoms with E-state index in [1.54, 1.807) is 13.2 Å². The largest absolute Gasteiger partial charge is 0.483 e. The second-order valence-electron chi connectivity index (χ2n) is 6.16. The Hall–Kier alpha value is -1.92. The summed E-state index contributed by atoms with van der Waals surface area (Å²) in [6.45, 7) is 12.3. The maximum atomic E-state index is 12.4. The van der Waals surface area contributed by atoms with Gasteiger partial charge in [-0.15, -0.1) is 0 Å². The van der Waals surface area contributed by atoms with Crippen molar-refractivity contribution in [2.75, 3.05) is 13.7 Å². The number of methoxy groups -OCH3 is 1. The van der Waals surface area contributed by atoms with E-state index in [-0.39, 0.29) is 36.5 Å². The molecule has 3 N–H and O–H groups in total. The van der Waals surface area contributed by atoms with E-state index in [1.807, 2.05) is 26.0 Å². The smallest absolute Gasteiger partial charge is 0.290 e. The first-order valence-corrected chi connectivity index (χ1v) is 8.52. The molecule has 1 fully saturated rings. The first kappa shape index (κ1) is 23.1. The lowest BCUT2D eigenvalue weighted by Gasteiger charge is -2.28. The van der Waals surface area contributed by atoms with E-state index in [1.165, 1.54) is 0 Å². The fourth-order valence-corrected chi connectivity index (χ4v) is 2.95. The number of hydrogen-bond donors (Lipinski definition) is 3. The molecule has 0 radical (unpaired) electrons. The molecule has 0 spiro atoms. The minimum atomic E-state index is -0.250. The van der Waals surface area contributed by atoms with Crippen molar-refractivity contribution in [3.05, 3.63) is 37.0 Å². The topological polar surface area (TPSA) is 87.7 Å². The maximum absolute atomic E-state index is 12.4. The highest BCUT2D eigenvalue weighted by Gasteiger charge is 2.33. The van der Waals surface area contributed by atoms with E-state index in [4.69, 9.17) is 14.6 Å². The lowest BCUT2D eigenvalue weighted by atomic mass is 9.95. The number of carbonyl (C=O) groups excluding carboxylic acids is 1. The van der Waals surface area contributed by atoms with E-state index in [2.05, 4.69) is 23.8 Å². The van der Waals surface area contributed by atoms with Crippen molar-refractivity contribution in [1.29, 1.82) is 0 Å². The first-order chi connectivity index (χ1) is 11.9. The Morgan fingerprint density at radius 1 is 1.48 bits per heavy atom. The fraction of sp³-hybridized carbons (Fsp3) is 0.579. The molecular formula is C19H32N2O4.